The number of thiazole rings is 1. The third kappa shape index (κ3) is 3.31. The zero-order valence-electron chi connectivity index (χ0n) is 9.45. The van der Waals surface area contributed by atoms with Crippen molar-refractivity contribution in [3.8, 4) is 0 Å². The molecule has 1 aliphatic rings. The summed E-state index contributed by atoms with van der Waals surface area (Å²) in [5.74, 6) is 0. The molecule has 0 radical (unpaired) electrons. The first-order chi connectivity index (χ1) is 7.75. The van der Waals surface area contributed by atoms with Crippen molar-refractivity contribution in [2.75, 3.05) is 51.2 Å². The second kappa shape index (κ2) is 5.82. The van der Waals surface area contributed by atoms with Gasteiger partial charge in [-0.15, -0.1) is 11.3 Å². The molecular weight excluding hydrogens is 244 g/mol. The molecule has 0 atom stereocenters. The molecule has 90 valence electrons. The highest BCUT2D eigenvalue weighted by Gasteiger charge is 2.11. The first kappa shape index (κ1) is 12.1. The Morgan fingerprint density at radius 3 is 2.94 bits per heavy atom. The lowest BCUT2D eigenvalue weighted by molar-refractivity contribution is 0.246. The standard InChI is InChI=1S/C10H17ClN4S/c1-14(10-13-9(11)8-16-10)6-7-15-4-2-12-3-5-15/h8,12H,2-7H2,1H3. The van der Waals surface area contributed by atoms with Crippen LogP contribution in [0.2, 0.25) is 5.15 Å². The summed E-state index contributed by atoms with van der Waals surface area (Å²) in [6.45, 7) is 6.59. The highest BCUT2D eigenvalue weighted by molar-refractivity contribution is 7.14. The Morgan fingerprint density at radius 1 is 1.56 bits per heavy atom. The molecule has 0 bridgehead atoms. The molecule has 1 aromatic heterocycles. The minimum atomic E-state index is 0.592. The summed E-state index contributed by atoms with van der Waals surface area (Å²) in [7, 11) is 2.07. The van der Waals surface area contributed by atoms with Crippen LogP contribution in [0, 0.1) is 0 Å². The fourth-order valence-electron chi connectivity index (χ4n) is 1.74. The largest absolute Gasteiger partial charge is 0.350 e. The minimum Gasteiger partial charge on any atom is -0.350 e. The van der Waals surface area contributed by atoms with Gasteiger partial charge in [0, 0.05) is 51.7 Å². The Balaban J connectivity index is 1.76. The Bertz CT molecular complexity index is 324. The molecule has 1 aromatic rings. The van der Waals surface area contributed by atoms with E-state index in [1.165, 1.54) is 0 Å². The lowest BCUT2D eigenvalue weighted by atomic mass is 10.3. The van der Waals surface area contributed by atoms with Gasteiger partial charge in [0.05, 0.1) is 0 Å². The number of aromatic nitrogens is 1. The smallest absolute Gasteiger partial charge is 0.186 e. The first-order valence-electron chi connectivity index (χ1n) is 5.51. The van der Waals surface area contributed by atoms with Crippen LogP contribution in [0.1, 0.15) is 0 Å². The van der Waals surface area contributed by atoms with Crippen LogP contribution in [0.5, 0.6) is 0 Å². The van der Waals surface area contributed by atoms with Gasteiger partial charge < -0.3 is 10.2 Å². The number of piperazine rings is 1. The summed E-state index contributed by atoms with van der Waals surface area (Å²) >= 11 is 7.40. The maximum absolute atomic E-state index is 5.81. The summed E-state index contributed by atoms with van der Waals surface area (Å²) < 4.78 is 0. The maximum Gasteiger partial charge on any atom is 0.186 e. The molecule has 0 unspecified atom stereocenters. The Labute approximate surface area is 105 Å². The van der Waals surface area contributed by atoms with Crippen LogP contribution >= 0.6 is 22.9 Å². The van der Waals surface area contributed by atoms with Crippen LogP contribution in [0.25, 0.3) is 0 Å². The molecule has 0 saturated carbocycles. The zero-order valence-corrected chi connectivity index (χ0v) is 11.0. The number of halogens is 1. The van der Waals surface area contributed by atoms with Gasteiger partial charge in [-0.3, -0.25) is 4.90 Å². The lowest BCUT2D eigenvalue weighted by Gasteiger charge is -2.28. The molecule has 4 nitrogen and oxygen atoms in total. The predicted molar refractivity (Wildman–Crippen MR) is 69.7 cm³/mol. The van der Waals surface area contributed by atoms with Crippen molar-refractivity contribution in [2.24, 2.45) is 0 Å². The molecule has 6 heteroatoms. The molecule has 0 aliphatic carbocycles. The summed E-state index contributed by atoms with van der Waals surface area (Å²) in [5.41, 5.74) is 0. The second-order valence-electron chi connectivity index (χ2n) is 3.97. The number of hydrogen-bond acceptors (Lipinski definition) is 5. The summed E-state index contributed by atoms with van der Waals surface area (Å²) in [6, 6.07) is 0. The molecule has 0 aromatic carbocycles. The van der Waals surface area contributed by atoms with Crippen molar-refractivity contribution >= 4 is 28.1 Å². The van der Waals surface area contributed by atoms with E-state index in [1.54, 1.807) is 11.3 Å². The van der Waals surface area contributed by atoms with Gasteiger partial charge in [0.1, 0.15) is 5.15 Å². The van der Waals surface area contributed by atoms with Crippen LogP contribution in [0.3, 0.4) is 0 Å². The molecule has 0 amide bonds. The summed E-state index contributed by atoms with van der Waals surface area (Å²) in [4.78, 5) is 8.89. The van der Waals surface area contributed by atoms with E-state index in [2.05, 4.69) is 27.1 Å². The number of nitrogens with one attached hydrogen (secondary N) is 1. The van der Waals surface area contributed by atoms with E-state index < -0.39 is 0 Å². The van der Waals surface area contributed by atoms with E-state index in [-0.39, 0.29) is 0 Å². The van der Waals surface area contributed by atoms with Crippen molar-refractivity contribution in [3.05, 3.63) is 10.5 Å². The van der Waals surface area contributed by atoms with E-state index >= 15 is 0 Å². The van der Waals surface area contributed by atoms with Crippen molar-refractivity contribution in [2.45, 2.75) is 0 Å². The highest BCUT2D eigenvalue weighted by Crippen LogP contribution is 2.21. The molecule has 2 heterocycles. The van der Waals surface area contributed by atoms with Gasteiger partial charge in [0.15, 0.2) is 5.13 Å². The van der Waals surface area contributed by atoms with Crippen LogP contribution < -0.4 is 10.2 Å². The maximum atomic E-state index is 5.81. The third-order valence-electron chi connectivity index (χ3n) is 2.75. The second-order valence-corrected chi connectivity index (χ2v) is 5.19. The molecule has 1 fully saturated rings. The first-order valence-corrected chi connectivity index (χ1v) is 6.77. The fourth-order valence-corrected chi connectivity index (χ4v) is 2.68. The normalized spacial score (nSPS) is 17.6. The van der Waals surface area contributed by atoms with Gasteiger partial charge in [-0.05, 0) is 0 Å². The molecule has 1 aliphatic heterocycles. The summed E-state index contributed by atoms with van der Waals surface area (Å²) in [5, 5.41) is 6.82. The van der Waals surface area contributed by atoms with Gasteiger partial charge in [0.25, 0.3) is 0 Å². The van der Waals surface area contributed by atoms with Crippen molar-refractivity contribution in [1.29, 1.82) is 0 Å². The average molecular weight is 261 g/mol. The number of rotatable bonds is 4. The van der Waals surface area contributed by atoms with Crippen LogP contribution in [0.15, 0.2) is 5.38 Å². The number of anilines is 1. The molecule has 1 saturated heterocycles. The Hall–Kier alpha value is -0.360. The van der Waals surface area contributed by atoms with Gasteiger partial charge in [-0.25, -0.2) is 4.98 Å². The minimum absolute atomic E-state index is 0.592. The van der Waals surface area contributed by atoms with E-state index in [1.807, 2.05) is 5.38 Å². The van der Waals surface area contributed by atoms with Crippen molar-refractivity contribution in [3.63, 3.8) is 0 Å². The molecular formula is C10H17ClN4S. The quantitative estimate of drug-likeness (QED) is 0.880. The van der Waals surface area contributed by atoms with Crippen LogP contribution in [0.4, 0.5) is 5.13 Å². The van der Waals surface area contributed by atoms with Gasteiger partial charge in [-0.1, -0.05) is 11.6 Å². The molecule has 1 N–H and O–H groups in total. The summed E-state index contributed by atoms with van der Waals surface area (Å²) in [6.07, 6.45) is 0. The number of likely N-dealkylation sites (N-methyl/N-ethyl adjacent to an activating group) is 1. The Kier molecular flexibility index (Phi) is 4.40. The van der Waals surface area contributed by atoms with Gasteiger partial charge in [0.2, 0.25) is 0 Å². The van der Waals surface area contributed by atoms with Gasteiger partial charge >= 0.3 is 0 Å². The SMILES string of the molecule is CN(CCN1CCNCC1)c1nc(Cl)cs1. The number of hydrogen-bond donors (Lipinski definition) is 1. The van der Waals surface area contributed by atoms with E-state index in [0.29, 0.717) is 5.15 Å². The zero-order chi connectivity index (χ0) is 11.4. The van der Waals surface area contributed by atoms with Crippen molar-refractivity contribution in [1.82, 2.24) is 15.2 Å². The van der Waals surface area contributed by atoms with Gasteiger partial charge in [-0.2, -0.15) is 0 Å². The molecule has 16 heavy (non-hydrogen) atoms. The third-order valence-corrected chi connectivity index (χ3v) is 4.03. The lowest BCUT2D eigenvalue weighted by Crippen LogP contribution is -2.45. The van der Waals surface area contributed by atoms with E-state index in [0.717, 1.165) is 44.4 Å². The van der Waals surface area contributed by atoms with Crippen LogP contribution in [-0.4, -0.2) is 56.2 Å². The Morgan fingerprint density at radius 2 is 2.31 bits per heavy atom. The highest BCUT2D eigenvalue weighted by atomic mass is 35.5. The average Bonchev–Trinajstić information content (AvgIpc) is 2.74. The van der Waals surface area contributed by atoms with Crippen molar-refractivity contribution < 1.29 is 0 Å². The van der Waals surface area contributed by atoms with Crippen LogP contribution in [-0.2, 0) is 0 Å². The topological polar surface area (TPSA) is 31.4 Å². The number of nitrogens with zero attached hydrogens (tertiary/aromatic N) is 3. The van der Waals surface area contributed by atoms with E-state index in [9.17, 15) is 0 Å². The molecule has 2 rings (SSSR count). The van der Waals surface area contributed by atoms with E-state index in [4.69, 9.17) is 11.6 Å². The fraction of sp³-hybridized carbons (Fsp3) is 0.700. The predicted octanol–water partition coefficient (Wildman–Crippen LogP) is 1.14. The molecule has 0 spiro atoms. The monoisotopic (exact) mass is 260 g/mol.